The SMILES string of the molecule is CCOC(=O)CC(O)CN(CC)C(C)COC. The molecule has 0 aromatic heterocycles. The van der Waals surface area contributed by atoms with E-state index in [0.29, 0.717) is 19.8 Å². The largest absolute Gasteiger partial charge is 0.466 e. The molecule has 102 valence electrons. The molecule has 0 aromatic carbocycles. The minimum absolute atomic E-state index is 0.0457. The summed E-state index contributed by atoms with van der Waals surface area (Å²) in [5.74, 6) is -0.351. The van der Waals surface area contributed by atoms with Gasteiger partial charge in [0.15, 0.2) is 0 Å². The van der Waals surface area contributed by atoms with E-state index in [-0.39, 0.29) is 18.4 Å². The van der Waals surface area contributed by atoms with Gasteiger partial charge in [0.25, 0.3) is 0 Å². The van der Waals surface area contributed by atoms with Gasteiger partial charge in [0.1, 0.15) is 0 Å². The predicted molar refractivity (Wildman–Crippen MR) is 65.8 cm³/mol. The first kappa shape index (κ1) is 16.4. The van der Waals surface area contributed by atoms with E-state index in [2.05, 4.69) is 4.90 Å². The second-order valence-corrected chi connectivity index (χ2v) is 4.05. The fraction of sp³-hybridized carbons (Fsp3) is 0.917. The number of rotatable bonds is 9. The van der Waals surface area contributed by atoms with Gasteiger partial charge in [-0.3, -0.25) is 9.69 Å². The lowest BCUT2D eigenvalue weighted by atomic mass is 10.2. The number of aliphatic hydroxyl groups is 1. The van der Waals surface area contributed by atoms with Gasteiger partial charge in [-0.2, -0.15) is 0 Å². The van der Waals surface area contributed by atoms with Gasteiger partial charge in [-0.25, -0.2) is 0 Å². The molecule has 5 nitrogen and oxygen atoms in total. The van der Waals surface area contributed by atoms with Crippen LogP contribution < -0.4 is 0 Å². The summed E-state index contributed by atoms with van der Waals surface area (Å²) in [7, 11) is 1.65. The van der Waals surface area contributed by atoms with E-state index < -0.39 is 6.10 Å². The Morgan fingerprint density at radius 1 is 1.41 bits per heavy atom. The molecule has 0 aliphatic rings. The maximum absolute atomic E-state index is 11.2. The monoisotopic (exact) mass is 247 g/mol. The highest BCUT2D eigenvalue weighted by Crippen LogP contribution is 2.04. The van der Waals surface area contributed by atoms with Crippen LogP contribution in [0.5, 0.6) is 0 Å². The number of hydrogen-bond acceptors (Lipinski definition) is 5. The van der Waals surface area contributed by atoms with Crippen LogP contribution in [0.3, 0.4) is 0 Å². The summed E-state index contributed by atoms with van der Waals surface area (Å²) in [5.41, 5.74) is 0. The third kappa shape index (κ3) is 7.31. The number of hydrogen-bond donors (Lipinski definition) is 1. The van der Waals surface area contributed by atoms with Crippen molar-refractivity contribution >= 4 is 5.97 Å². The number of aliphatic hydroxyl groups excluding tert-OH is 1. The molecule has 5 heteroatoms. The molecule has 17 heavy (non-hydrogen) atoms. The Morgan fingerprint density at radius 3 is 2.53 bits per heavy atom. The molecule has 0 aliphatic carbocycles. The van der Waals surface area contributed by atoms with Gasteiger partial charge in [-0.15, -0.1) is 0 Å². The normalized spacial score (nSPS) is 14.7. The number of nitrogens with zero attached hydrogens (tertiary/aromatic N) is 1. The highest BCUT2D eigenvalue weighted by Gasteiger charge is 2.18. The lowest BCUT2D eigenvalue weighted by Crippen LogP contribution is -2.41. The lowest BCUT2D eigenvalue weighted by Gasteiger charge is -2.29. The van der Waals surface area contributed by atoms with E-state index >= 15 is 0 Å². The Morgan fingerprint density at radius 2 is 2.06 bits per heavy atom. The Balaban J connectivity index is 4.04. The first-order valence-corrected chi connectivity index (χ1v) is 6.11. The maximum atomic E-state index is 11.2. The molecule has 2 atom stereocenters. The molecular weight excluding hydrogens is 222 g/mol. The Hall–Kier alpha value is -0.650. The number of ether oxygens (including phenoxy) is 2. The third-order valence-electron chi connectivity index (χ3n) is 2.59. The van der Waals surface area contributed by atoms with Crippen molar-refractivity contribution in [3.63, 3.8) is 0 Å². The van der Waals surface area contributed by atoms with Gasteiger partial charge in [0.2, 0.25) is 0 Å². The van der Waals surface area contributed by atoms with Crippen molar-refractivity contribution in [2.45, 2.75) is 39.3 Å². The second-order valence-electron chi connectivity index (χ2n) is 4.05. The molecule has 0 spiro atoms. The molecule has 0 rings (SSSR count). The zero-order valence-corrected chi connectivity index (χ0v) is 11.3. The van der Waals surface area contributed by atoms with E-state index in [4.69, 9.17) is 9.47 Å². The predicted octanol–water partition coefficient (Wildman–Crippen LogP) is 0.657. The first-order chi connectivity index (χ1) is 8.04. The molecule has 0 heterocycles. The highest BCUT2D eigenvalue weighted by molar-refractivity contribution is 5.69. The minimum atomic E-state index is -0.687. The van der Waals surface area contributed by atoms with Crippen LogP contribution in [0.2, 0.25) is 0 Å². The van der Waals surface area contributed by atoms with Crippen molar-refractivity contribution in [3.8, 4) is 0 Å². The molecule has 0 saturated carbocycles. The third-order valence-corrected chi connectivity index (χ3v) is 2.59. The van der Waals surface area contributed by atoms with E-state index in [1.807, 2.05) is 13.8 Å². The minimum Gasteiger partial charge on any atom is -0.466 e. The van der Waals surface area contributed by atoms with Crippen LogP contribution >= 0.6 is 0 Å². The molecule has 0 radical (unpaired) electrons. The number of carbonyl (C=O) groups is 1. The topological polar surface area (TPSA) is 59.0 Å². The summed E-state index contributed by atoms with van der Waals surface area (Å²) in [6.07, 6.45) is -0.641. The molecule has 0 aromatic rings. The molecule has 0 fully saturated rings. The van der Waals surface area contributed by atoms with Gasteiger partial charge in [-0.05, 0) is 20.4 Å². The zero-order chi connectivity index (χ0) is 13.3. The first-order valence-electron chi connectivity index (χ1n) is 6.11. The van der Waals surface area contributed by atoms with Gasteiger partial charge < -0.3 is 14.6 Å². The summed E-state index contributed by atoms with van der Waals surface area (Å²) in [6, 6.07) is 0.224. The van der Waals surface area contributed by atoms with E-state index in [9.17, 15) is 9.90 Å². The van der Waals surface area contributed by atoms with Crippen molar-refractivity contribution in [1.29, 1.82) is 0 Å². The van der Waals surface area contributed by atoms with Crippen molar-refractivity contribution in [3.05, 3.63) is 0 Å². The average Bonchev–Trinajstić information content (AvgIpc) is 2.26. The van der Waals surface area contributed by atoms with Crippen molar-refractivity contribution in [2.24, 2.45) is 0 Å². The zero-order valence-electron chi connectivity index (χ0n) is 11.3. The summed E-state index contributed by atoms with van der Waals surface area (Å²) < 4.78 is 9.87. The van der Waals surface area contributed by atoms with Gasteiger partial charge in [0.05, 0.1) is 25.7 Å². The quantitative estimate of drug-likeness (QED) is 0.606. The highest BCUT2D eigenvalue weighted by atomic mass is 16.5. The van der Waals surface area contributed by atoms with E-state index in [0.717, 1.165) is 6.54 Å². The van der Waals surface area contributed by atoms with E-state index in [1.165, 1.54) is 0 Å². The Kier molecular flexibility index (Phi) is 9.03. The van der Waals surface area contributed by atoms with Crippen molar-refractivity contribution in [1.82, 2.24) is 4.90 Å². The number of likely N-dealkylation sites (N-methyl/N-ethyl adjacent to an activating group) is 1. The molecule has 0 aliphatic heterocycles. The fourth-order valence-corrected chi connectivity index (χ4v) is 1.71. The Bertz CT molecular complexity index is 211. The summed E-state index contributed by atoms with van der Waals surface area (Å²) in [5, 5.41) is 9.78. The lowest BCUT2D eigenvalue weighted by molar-refractivity contribution is -0.145. The molecule has 0 amide bonds. The summed E-state index contributed by atoms with van der Waals surface area (Å²) in [6.45, 7) is 8.03. The maximum Gasteiger partial charge on any atom is 0.308 e. The number of methoxy groups -OCH3 is 1. The molecule has 1 N–H and O–H groups in total. The van der Waals surface area contributed by atoms with Gasteiger partial charge >= 0.3 is 5.97 Å². The van der Waals surface area contributed by atoms with Gasteiger partial charge in [0, 0.05) is 19.7 Å². The van der Waals surface area contributed by atoms with Gasteiger partial charge in [-0.1, -0.05) is 6.92 Å². The standard InChI is InChI=1S/C12H25NO4/c1-5-13(10(3)9-16-4)8-11(14)7-12(15)17-6-2/h10-11,14H,5-9H2,1-4H3. The summed E-state index contributed by atoms with van der Waals surface area (Å²) in [4.78, 5) is 13.3. The van der Waals surface area contributed by atoms with Crippen LogP contribution in [0, 0.1) is 0 Å². The van der Waals surface area contributed by atoms with Crippen LogP contribution in [0.25, 0.3) is 0 Å². The smallest absolute Gasteiger partial charge is 0.308 e. The molecule has 0 saturated heterocycles. The molecule has 0 bridgehead atoms. The average molecular weight is 247 g/mol. The van der Waals surface area contributed by atoms with Crippen LogP contribution in [0.15, 0.2) is 0 Å². The number of esters is 1. The van der Waals surface area contributed by atoms with Crippen molar-refractivity contribution < 1.29 is 19.4 Å². The molecule has 2 unspecified atom stereocenters. The van der Waals surface area contributed by atoms with Crippen LogP contribution in [0.4, 0.5) is 0 Å². The fourth-order valence-electron chi connectivity index (χ4n) is 1.71. The number of carbonyl (C=O) groups excluding carboxylic acids is 1. The second kappa shape index (κ2) is 9.39. The Labute approximate surface area is 104 Å². The summed E-state index contributed by atoms with van der Waals surface area (Å²) >= 11 is 0. The van der Waals surface area contributed by atoms with Crippen molar-refractivity contribution in [2.75, 3.05) is 33.4 Å². The van der Waals surface area contributed by atoms with Crippen LogP contribution in [0.1, 0.15) is 27.2 Å². The van der Waals surface area contributed by atoms with Crippen LogP contribution in [-0.2, 0) is 14.3 Å². The molecular formula is C12H25NO4. The van der Waals surface area contributed by atoms with Crippen LogP contribution in [-0.4, -0.2) is 61.5 Å². The van der Waals surface area contributed by atoms with E-state index in [1.54, 1.807) is 14.0 Å².